The maximum atomic E-state index is 10.9. The number of rotatable bonds is 7. The van der Waals surface area contributed by atoms with Gasteiger partial charge in [-0.15, -0.1) is 0 Å². The van der Waals surface area contributed by atoms with Gasteiger partial charge in [-0.2, -0.15) is 0 Å². The lowest BCUT2D eigenvalue weighted by atomic mass is 10.5. The fourth-order valence-corrected chi connectivity index (χ4v) is 0.687. The quantitative estimate of drug-likeness (QED) is 0.523. The first-order chi connectivity index (χ1) is 5.81. The van der Waals surface area contributed by atoms with Crippen molar-refractivity contribution >= 4 is 5.91 Å². The second-order valence-corrected chi connectivity index (χ2v) is 2.51. The zero-order valence-corrected chi connectivity index (χ0v) is 7.85. The molecule has 1 amide bonds. The van der Waals surface area contributed by atoms with E-state index in [-0.39, 0.29) is 12.5 Å². The standard InChI is InChI=1S/C8H18N2O2/c1-3-6-12-7-8(11)10-5-4-9-2/h9H,3-7H2,1-2H3,(H,10,11). The van der Waals surface area contributed by atoms with E-state index in [0.29, 0.717) is 13.2 Å². The van der Waals surface area contributed by atoms with Crippen molar-refractivity contribution in [2.24, 2.45) is 0 Å². The smallest absolute Gasteiger partial charge is 0.246 e. The van der Waals surface area contributed by atoms with Crippen LogP contribution in [0, 0.1) is 0 Å². The molecule has 0 aromatic carbocycles. The fourth-order valence-electron chi connectivity index (χ4n) is 0.687. The van der Waals surface area contributed by atoms with E-state index in [9.17, 15) is 4.79 Å². The van der Waals surface area contributed by atoms with Gasteiger partial charge >= 0.3 is 0 Å². The predicted molar refractivity (Wildman–Crippen MR) is 48.0 cm³/mol. The molecule has 4 nitrogen and oxygen atoms in total. The molecule has 0 bridgehead atoms. The second kappa shape index (κ2) is 8.49. The van der Waals surface area contributed by atoms with Crippen LogP contribution >= 0.6 is 0 Å². The number of carbonyl (C=O) groups excluding carboxylic acids is 1. The van der Waals surface area contributed by atoms with Crippen LogP contribution in [0.5, 0.6) is 0 Å². The van der Waals surface area contributed by atoms with Crippen LogP contribution in [0.3, 0.4) is 0 Å². The highest BCUT2D eigenvalue weighted by molar-refractivity contribution is 5.77. The lowest BCUT2D eigenvalue weighted by Crippen LogP contribution is -2.33. The fraction of sp³-hybridized carbons (Fsp3) is 0.875. The van der Waals surface area contributed by atoms with E-state index in [0.717, 1.165) is 13.0 Å². The van der Waals surface area contributed by atoms with E-state index in [1.807, 2.05) is 14.0 Å². The average molecular weight is 174 g/mol. The largest absolute Gasteiger partial charge is 0.372 e. The normalized spacial score (nSPS) is 9.83. The minimum absolute atomic E-state index is 0.0429. The Hall–Kier alpha value is -0.610. The van der Waals surface area contributed by atoms with Crippen molar-refractivity contribution in [3.05, 3.63) is 0 Å². The van der Waals surface area contributed by atoms with Gasteiger partial charge in [-0.25, -0.2) is 0 Å². The molecule has 72 valence electrons. The molecular formula is C8H18N2O2. The number of ether oxygens (including phenoxy) is 1. The van der Waals surface area contributed by atoms with Crippen LogP contribution in [0.4, 0.5) is 0 Å². The zero-order valence-electron chi connectivity index (χ0n) is 7.85. The number of hydrogen-bond donors (Lipinski definition) is 2. The van der Waals surface area contributed by atoms with Crippen LogP contribution in [-0.2, 0) is 9.53 Å². The van der Waals surface area contributed by atoms with Gasteiger partial charge in [0.1, 0.15) is 6.61 Å². The Morgan fingerprint density at radius 2 is 2.17 bits per heavy atom. The Labute approximate surface area is 73.7 Å². The van der Waals surface area contributed by atoms with E-state index in [4.69, 9.17) is 4.74 Å². The molecule has 0 spiro atoms. The molecule has 0 aromatic heterocycles. The maximum Gasteiger partial charge on any atom is 0.246 e. The Morgan fingerprint density at radius 1 is 1.42 bits per heavy atom. The van der Waals surface area contributed by atoms with Gasteiger partial charge in [-0.05, 0) is 13.5 Å². The van der Waals surface area contributed by atoms with E-state index in [1.165, 1.54) is 0 Å². The van der Waals surface area contributed by atoms with Gasteiger partial charge in [0.25, 0.3) is 0 Å². The molecule has 0 rings (SSSR count). The maximum absolute atomic E-state index is 10.9. The highest BCUT2D eigenvalue weighted by Gasteiger charge is 1.97. The first-order valence-electron chi connectivity index (χ1n) is 4.30. The Morgan fingerprint density at radius 3 is 2.75 bits per heavy atom. The van der Waals surface area contributed by atoms with Crippen molar-refractivity contribution in [3.63, 3.8) is 0 Å². The molecule has 4 heteroatoms. The second-order valence-electron chi connectivity index (χ2n) is 2.51. The predicted octanol–water partition coefficient (Wildman–Crippen LogP) is -0.251. The SMILES string of the molecule is CCCOCC(=O)NCCNC. The van der Waals surface area contributed by atoms with E-state index < -0.39 is 0 Å². The molecular weight excluding hydrogens is 156 g/mol. The topological polar surface area (TPSA) is 50.4 Å². The number of nitrogens with one attached hydrogen (secondary N) is 2. The molecule has 0 radical (unpaired) electrons. The van der Waals surface area contributed by atoms with Crippen LogP contribution in [0.25, 0.3) is 0 Å². The van der Waals surface area contributed by atoms with Gasteiger partial charge in [0.15, 0.2) is 0 Å². The Bertz CT molecular complexity index is 106. The molecule has 0 fully saturated rings. The summed E-state index contributed by atoms with van der Waals surface area (Å²) >= 11 is 0. The highest BCUT2D eigenvalue weighted by atomic mass is 16.5. The summed E-state index contributed by atoms with van der Waals surface area (Å²) in [4.78, 5) is 10.9. The van der Waals surface area contributed by atoms with Crippen molar-refractivity contribution in [1.29, 1.82) is 0 Å². The van der Waals surface area contributed by atoms with E-state index in [2.05, 4.69) is 10.6 Å². The minimum Gasteiger partial charge on any atom is -0.372 e. The van der Waals surface area contributed by atoms with Crippen LogP contribution in [0.1, 0.15) is 13.3 Å². The lowest BCUT2D eigenvalue weighted by Gasteiger charge is -2.04. The van der Waals surface area contributed by atoms with Crippen LogP contribution in [0.15, 0.2) is 0 Å². The molecule has 12 heavy (non-hydrogen) atoms. The van der Waals surface area contributed by atoms with E-state index >= 15 is 0 Å². The summed E-state index contributed by atoms with van der Waals surface area (Å²) in [5.41, 5.74) is 0. The summed E-state index contributed by atoms with van der Waals surface area (Å²) in [6.45, 7) is 4.29. The molecule has 0 aliphatic carbocycles. The third-order valence-electron chi connectivity index (χ3n) is 1.28. The molecule has 0 aliphatic rings. The summed E-state index contributed by atoms with van der Waals surface area (Å²) in [5.74, 6) is -0.0429. The number of carbonyl (C=O) groups is 1. The van der Waals surface area contributed by atoms with Gasteiger partial charge in [0, 0.05) is 19.7 Å². The zero-order chi connectivity index (χ0) is 9.23. The number of likely N-dealkylation sites (N-methyl/N-ethyl adjacent to an activating group) is 1. The van der Waals surface area contributed by atoms with Gasteiger partial charge in [-0.1, -0.05) is 6.92 Å². The summed E-state index contributed by atoms with van der Waals surface area (Å²) in [5, 5.41) is 5.65. The van der Waals surface area contributed by atoms with Crippen molar-refractivity contribution in [3.8, 4) is 0 Å². The number of amides is 1. The van der Waals surface area contributed by atoms with Crippen molar-refractivity contribution in [2.75, 3.05) is 33.4 Å². The van der Waals surface area contributed by atoms with Crippen molar-refractivity contribution in [2.45, 2.75) is 13.3 Å². The average Bonchev–Trinajstić information content (AvgIpc) is 2.06. The first-order valence-corrected chi connectivity index (χ1v) is 4.30. The Kier molecular flexibility index (Phi) is 8.05. The Balaban J connectivity index is 3.10. The lowest BCUT2D eigenvalue weighted by molar-refractivity contribution is -0.125. The molecule has 0 heterocycles. The van der Waals surface area contributed by atoms with Crippen LogP contribution in [-0.4, -0.2) is 39.3 Å². The molecule has 0 unspecified atom stereocenters. The van der Waals surface area contributed by atoms with Gasteiger partial charge < -0.3 is 15.4 Å². The number of hydrogen-bond acceptors (Lipinski definition) is 3. The first kappa shape index (κ1) is 11.4. The summed E-state index contributed by atoms with van der Waals surface area (Å²) in [7, 11) is 1.85. The summed E-state index contributed by atoms with van der Waals surface area (Å²) in [6.07, 6.45) is 0.948. The van der Waals surface area contributed by atoms with Gasteiger partial charge in [-0.3, -0.25) is 4.79 Å². The molecule has 0 saturated heterocycles. The minimum atomic E-state index is -0.0429. The monoisotopic (exact) mass is 174 g/mol. The van der Waals surface area contributed by atoms with Crippen LogP contribution < -0.4 is 10.6 Å². The molecule has 2 N–H and O–H groups in total. The summed E-state index contributed by atoms with van der Waals surface area (Å²) in [6, 6.07) is 0. The highest BCUT2D eigenvalue weighted by Crippen LogP contribution is 1.79. The van der Waals surface area contributed by atoms with Crippen LogP contribution in [0.2, 0.25) is 0 Å². The molecule has 0 aromatic rings. The molecule has 0 atom stereocenters. The van der Waals surface area contributed by atoms with E-state index in [1.54, 1.807) is 0 Å². The molecule has 0 saturated carbocycles. The van der Waals surface area contributed by atoms with Gasteiger partial charge in [0.05, 0.1) is 0 Å². The molecule has 0 aliphatic heterocycles. The van der Waals surface area contributed by atoms with Crippen molar-refractivity contribution < 1.29 is 9.53 Å². The third-order valence-corrected chi connectivity index (χ3v) is 1.28. The summed E-state index contributed by atoms with van der Waals surface area (Å²) < 4.78 is 5.04. The van der Waals surface area contributed by atoms with Gasteiger partial charge in [0.2, 0.25) is 5.91 Å². The van der Waals surface area contributed by atoms with Crippen molar-refractivity contribution in [1.82, 2.24) is 10.6 Å². The third kappa shape index (κ3) is 7.50.